The molecule has 29 heavy (non-hydrogen) atoms. The van der Waals surface area contributed by atoms with E-state index in [9.17, 15) is 18.0 Å². The molecule has 0 spiro atoms. The summed E-state index contributed by atoms with van der Waals surface area (Å²) >= 11 is 0. The summed E-state index contributed by atoms with van der Waals surface area (Å²) in [7, 11) is 0. The van der Waals surface area contributed by atoms with Gasteiger partial charge in [0.1, 0.15) is 0 Å². The SMILES string of the molecule is CCc1noc(-c2cn(C3CCN(C(=O)c4cccc(C(F)(F)F)c4)C3)nn2)n1. The largest absolute Gasteiger partial charge is 0.416 e. The highest BCUT2D eigenvalue weighted by Crippen LogP contribution is 2.30. The molecule has 1 aliphatic heterocycles. The van der Waals surface area contributed by atoms with Crippen molar-refractivity contribution >= 4 is 5.91 Å². The van der Waals surface area contributed by atoms with Crippen molar-refractivity contribution in [2.24, 2.45) is 0 Å². The molecular weight excluding hydrogens is 389 g/mol. The molecule has 4 rings (SSSR count). The molecule has 0 bridgehead atoms. The van der Waals surface area contributed by atoms with Gasteiger partial charge in [-0.2, -0.15) is 18.2 Å². The van der Waals surface area contributed by atoms with E-state index in [1.165, 1.54) is 17.0 Å². The van der Waals surface area contributed by atoms with Crippen LogP contribution in [-0.2, 0) is 12.6 Å². The van der Waals surface area contributed by atoms with Crippen molar-refractivity contribution in [3.63, 3.8) is 0 Å². The highest BCUT2D eigenvalue weighted by molar-refractivity contribution is 5.94. The third kappa shape index (κ3) is 3.84. The lowest BCUT2D eigenvalue weighted by molar-refractivity contribution is -0.137. The number of hydrogen-bond donors (Lipinski definition) is 0. The van der Waals surface area contributed by atoms with Gasteiger partial charge in [-0.05, 0) is 24.6 Å². The number of benzene rings is 1. The maximum absolute atomic E-state index is 12.9. The third-order valence-electron chi connectivity index (χ3n) is 4.78. The topological polar surface area (TPSA) is 89.9 Å². The highest BCUT2D eigenvalue weighted by Gasteiger charge is 2.33. The van der Waals surface area contributed by atoms with Crippen LogP contribution in [0.1, 0.15) is 41.1 Å². The van der Waals surface area contributed by atoms with Gasteiger partial charge in [-0.25, -0.2) is 4.68 Å². The van der Waals surface area contributed by atoms with Crippen LogP contribution < -0.4 is 0 Å². The van der Waals surface area contributed by atoms with Gasteiger partial charge in [0.2, 0.25) is 0 Å². The summed E-state index contributed by atoms with van der Waals surface area (Å²) in [5.41, 5.74) is -0.399. The summed E-state index contributed by atoms with van der Waals surface area (Å²) in [5.74, 6) is 0.389. The predicted octanol–water partition coefficient (Wildman–Crippen LogP) is 3.00. The van der Waals surface area contributed by atoms with E-state index in [0.29, 0.717) is 37.4 Å². The summed E-state index contributed by atoms with van der Waals surface area (Å²) < 4.78 is 45.4. The quantitative estimate of drug-likeness (QED) is 0.662. The van der Waals surface area contributed by atoms with Crippen molar-refractivity contribution in [1.29, 1.82) is 0 Å². The van der Waals surface area contributed by atoms with Gasteiger partial charge in [0.25, 0.3) is 11.8 Å². The molecule has 1 atom stereocenters. The van der Waals surface area contributed by atoms with Gasteiger partial charge in [-0.15, -0.1) is 5.10 Å². The van der Waals surface area contributed by atoms with E-state index in [1.807, 2.05) is 6.92 Å². The summed E-state index contributed by atoms with van der Waals surface area (Å²) in [6.45, 7) is 2.64. The minimum absolute atomic E-state index is 0.0118. The van der Waals surface area contributed by atoms with Crippen LogP contribution >= 0.6 is 0 Å². The minimum atomic E-state index is -4.49. The van der Waals surface area contributed by atoms with E-state index in [-0.39, 0.29) is 17.5 Å². The molecule has 1 aliphatic rings. The first kappa shape index (κ1) is 19.1. The van der Waals surface area contributed by atoms with E-state index < -0.39 is 17.6 Å². The number of carbonyl (C=O) groups is 1. The van der Waals surface area contributed by atoms with Gasteiger partial charge in [-0.1, -0.05) is 23.4 Å². The smallest absolute Gasteiger partial charge is 0.336 e. The molecule has 0 aliphatic carbocycles. The number of likely N-dealkylation sites (tertiary alicyclic amines) is 1. The zero-order valence-electron chi connectivity index (χ0n) is 15.4. The number of aromatic nitrogens is 5. The van der Waals surface area contributed by atoms with E-state index in [2.05, 4.69) is 20.5 Å². The first-order valence-corrected chi connectivity index (χ1v) is 9.06. The average Bonchev–Trinajstić information content (AvgIpc) is 3.46. The van der Waals surface area contributed by atoms with Crippen LogP contribution in [0.2, 0.25) is 0 Å². The van der Waals surface area contributed by atoms with Gasteiger partial charge in [0.15, 0.2) is 11.5 Å². The number of aryl methyl sites for hydroxylation is 1. The Balaban J connectivity index is 1.46. The molecule has 0 N–H and O–H groups in total. The fourth-order valence-corrected chi connectivity index (χ4v) is 3.21. The second-order valence-corrected chi connectivity index (χ2v) is 6.73. The molecule has 11 heteroatoms. The van der Waals surface area contributed by atoms with E-state index in [1.54, 1.807) is 10.9 Å². The van der Waals surface area contributed by atoms with Crippen LogP contribution in [0, 0.1) is 0 Å². The standard InChI is InChI=1S/C18H17F3N6O2/c1-2-15-22-16(29-24-15)14-10-27(25-23-14)13-6-7-26(9-13)17(28)11-4-3-5-12(8-11)18(19,20)21/h3-5,8,10,13H,2,6-7,9H2,1H3. The molecule has 152 valence electrons. The van der Waals surface area contributed by atoms with Crippen LogP contribution in [0.5, 0.6) is 0 Å². The number of amides is 1. The van der Waals surface area contributed by atoms with Crippen LogP contribution in [0.4, 0.5) is 13.2 Å². The lowest BCUT2D eigenvalue weighted by Crippen LogP contribution is -2.29. The van der Waals surface area contributed by atoms with Gasteiger partial charge in [0, 0.05) is 25.1 Å². The van der Waals surface area contributed by atoms with Gasteiger partial charge < -0.3 is 9.42 Å². The molecule has 1 saturated heterocycles. The Morgan fingerprint density at radius 2 is 2.17 bits per heavy atom. The molecule has 1 fully saturated rings. The Hall–Kier alpha value is -3.24. The van der Waals surface area contributed by atoms with Crippen molar-refractivity contribution in [2.75, 3.05) is 13.1 Å². The fourth-order valence-electron chi connectivity index (χ4n) is 3.21. The molecule has 0 saturated carbocycles. The Bertz CT molecular complexity index is 1030. The van der Waals surface area contributed by atoms with E-state index >= 15 is 0 Å². The Morgan fingerprint density at radius 3 is 2.90 bits per heavy atom. The number of carbonyl (C=O) groups excluding carboxylic acids is 1. The lowest BCUT2D eigenvalue weighted by atomic mass is 10.1. The van der Waals surface area contributed by atoms with Crippen LogP contribution in [-0.4, -0.2) is 49.0 Å². The Kier molecular flexibility index (Phi) is 4.81. The maximum atomic E-state index is 12.9. The molecule has 2 aromatic heterocycles. The van der Waals surface area contributed by atoms with Gasteiger partial charge in [-0.3, -0.25) is 4.79 Å². The van der Waals surface area contributed by atoms with Crippen molar-refractivity contribution in [1.82, 2.24) is 30.0 Å². The lowest BCUT2D eigenvalue weighted by Gasteiger charge is -2.17. The number of halogens is 3. The van der Waals surface area contributed by atoms with Crippen LogP contribution in [0.15, 0.2) is 35.0 Å². The Labute approximate surface area is 163 Å². The van der Waals surface area contributed by atoms with E-state index in [0.717, 1.165) is 12.1 Å². The van der Waals surface area contributed by atoms with Gasteiger partial charge in [0.05, 0.1) is 17.8 Å². The zero-order valence-corrected chi connectivity index (χ0v) is 15.4. The van der Waals surface area contributed by atoms with Crippen molar-refractivity contribution in [2.45, 2.75) is 32.0 Å². The van der Waals surface area contributed by atoms with Gasteiger partial charge >= 0.3 is 6.18 Å². The molecule has 0 radical (unpaired) electrons. The molecule has 1 aromatic carbocycles. The zero-order chi connectivity index (χ0) is 20.6. The Morgan fingerprint density at radius 1 is 1.34 bits per heavy atom. The van der Waals surface area contributed by atoms with Crippen molar-refractivity contribution in [3.05, 3.63) is 47.4 Å². The fraction of sp³-hybridized carbons (Fsp3) is 0.389. The van der Waals surface area contributed by atoms with E-state index in [4.69, 9.17) is 4.52 Å². The molecule has 1 amide bonds. The number of rotatable bonds is 4. The maximum Gasteiger partial charge on any atom is 0.416 e. The molecule has 8 nitrogen and oxygen atoms in total. The molecule has 3 heterocycles. The third-order valence-corrected chi connectivity index (χ3v) is 4.78. The minimum Gasteiger partial charge on any atom is -0.336 e. The predicted molar refractivity (Wildman–Crippen MR) is 93.7 cm³/mol. The molecule has 3 aromatic rings. The number of nitrogens with zero attached hydrogens (tertiary/aromatic N) is 6. The second-order valence-electron chi connectivity index (χ2n) is 6.73. The average molecular weight is 406 g/mol. The number of hydrogen-bond acceptors (Lipinski definition) is 6. The first-order valence-electron chi connectivity index (χ1n) is 9.06. The van der Waals surface area contributed by atoms with Crippen molar-refractivity contribution < 1.29 is 22.5 Å². The van der Waals surface area contributed by atoms with Crippen LogP contribution in [0.25, 0.3) is 11.6 Å². The first-order chi connectivity index (χ1) is 13.8. The highest BCUT2D eigenvalue weighted by atomic mass is 19.4. The molecule has 1 unspecified atom stereocenters. The summed E-state index contributed by atoms with van der Waals surface area (Å²) in [6, 6.07) is 4.31. The number of alkyl halides is 3. The summed E-state index contributed by atoms with van der Waals surface area (Å²) in [4.78, 5) is 18.4. The molecular formula is C18H17F3N6O2. The second kappa shape index (κ2) is 7.30. The van der Waals surface area contributed by atoms with Crippen molar-refractivity contribution in [3.8, 4) is 11.6 Å². The monoisotopic (exact) mass is 406 g/mol. The summed E-state index contributed by atoms with van der Waals surface area (Å²) in [5, 5.41) is 11.9. The summed E-state index contributed by atoms with van der Waals surface area (Å²) in [6.07, 6.45) is -1.59. The van der Waals surface area contributed by atoms with Crippen LogP contribution in [0.3, 0.4) is 0 Å². The normalized spacial score (nSPS) is 17.1.